The number of hydrogen-bond donors (Lipinski definition) is 2. The van der Waals surface area contributed by atoms with Gasteiger partial charge in [0.05, 0.1) is 26.0 Å². The summed E-state index contributed by atoms with van der Waals surface area (Å²) in [5.74, 6) is 1.35. The van der Waals surface area contributed by atoms with Crippen LogP contribution in [0.25, 0.3) is 0 Å². The minimum absolute atomic E-state index is 0.0693. The van der Waals surface area contributed by atoms with Crippen molar-refractivity contribution in [2.45, 2.75) is 26.4 Å². The number of nitrogens with one attached hydrogen (secondary N) is 1. The zero-order valence-corrected chi connectivity index (χ0v) is 15.9. The molecule has 0 bridgehead atoms. The van der Waals surface area contributed by atoms with Crippen molar-refractivity contribution in [1.29, 1.82) is 0 Å². The molecule has 7 nitrogen and oxygen atoms in total. The van der Waals surface area contributed by atoms with Crippen molar-refractivity contribution in [3.8, 4) is 11.5 Å². The molecule has 0 fully saturated rings. The normalized spacial score (nSPS) is 12.1. The molecule has 1 aromatic heterocycles. The highest BCUT2D eigenvalue weighted by molar-refractivity contribution is 5.92. The Balaban J connectivity index is 2.04. The molecule has 0 aliphatic heterocycles. The Labute approximate surface area is 153 Å². The SMILES string of the molecule is COc1cc(OC)cc([C@H](O)CNC(=O)c2cc(CC(C)C)nn2C)c1. The topological polar surface area (TPSA) is 85.6 Å². The predicted molar refractivity (Wildman–Crippen MR) is 98.6 cm³/mol. The fraction of sp³-hybridized carbons (Fsp3) is 0.474. The molecule has 2 aromatic rings. The van der Waals surface area contributed by atoms with Crippen molar-refractivity contribution in [2.75, 3.05) is 20.8 Å². The summed E-state index contributed by atoms with van der Waals surface area (Å²) in [5, 5.41) is 17.5. The van der Waals surface area contributed by atoms with Crippen molar-refractivity contribution in [2.24, 2.45) is 13.0 Å². The van der Waals surface area contributed by atoms with E-state index in [-0.39, 0.29) is 12.5 Å². The first kappa shape index (κ1) is 19.8. The Bertz CT molecular complexity index is 733. The number of hydrogen-bond acceptors (Lipinski definition) is 5. The third-order valence-electron chi connectivity index (χ3n) is 3.99. The molecule has 142 valence electrons. The van der Waals surface area contributed by atoms with E-state index in [0.29, 0.717) is 28.7 Å². The van der Waals surface area contributed by atoms with Crippen LogP contribution in [0.1, 0.15) is 41.7 Å². The molecule has 26 heavy (non-hydrogen) atoms. The molecule has 0 aliphatic carbocycles. The van der Waals surface area contributed by atoms with Crippen LogP contribution in [0.4, 0.5) is 0 Å². The summed E-state index contributed by atoms with van der Waals surface area (Å²) in [6.07, 6.45) is -0.0702. The van der Waals surface area contributed by atoms with Crippen LogP contribution in [0.15, 0.2) is 24.3 Å². The van der Waals surface area contributed by atoms with E-state index >= 15 is 0 Å². The van der Waals surface area contributed by atoms with E-state index in [1.807, 2.05) is 0 Å². The van der Waals surface area contributed by atoms with Gasteiger partial charge in [-0.15, -0.1) is 0 Å². The van der Waals surface area contributed by atoms with E-state index in [2.05, 4.69) is 24.3 Å². The first-order valence-corrected chi connectivity index (χ1v) is 8.56. The number of aliphatic hydroxyl groups is 1. The summed E-state index contributed by atoms with van der Waals surface area (Å²) in [7, 11) is 4.83. The lowest BCUT2D eigenvalue weighted by Crippen LogP contribution is -2.29. The van der Waals surface area contributed by atoms with Gasteiger partial charge in [0.1, 0.15) is 17.2 Å². The van der Waals surface area contributed by atoms with Crippen LogP contribution >= 0.6 is 0 Å². The Kier molecular flexibility index (Phi) is 6.63. The van der Waals surface area contributed by atoms with E-state index in [0.717, 1.165) is 12.1 Å². The molecule has 7 heteroatoms. The van der Waals surface area contributed by atoms with Gasteiger partial charge in [-0.1, -0.05) is 13.8 Å². The van der Waals surface area contributed by atoms with Crippen LogP contribution in [0, 0.1) is 5.92 Å². The second-order valence-corrected chi connectivity index (χ2v) is 6.61. The quantitative estimate of drug-likeness (QED) is 0.752. The molecule has 0 spiro atoms. The van der Waals surface area contributed by atoms with Crippen molar-refractivity contribution < 1.29 is 19.4 Å². The number of carbonyl (C=O) groups is 1. The summed E-state index contributed by atoms with van der Waals surface area (Å²) in [4.78, 5) is 12.4. The van der Waals surface area contributed by atoms with Gasteiger partial charge in [0.25, 0.3) is 5.91 Å². The summed E-state index contributed by atoms with van der Waals surface area (Å²) in [6, 6.07) is 6.94. The second kappa shape index (κ2) is 8.71. The van der Waals surface area contributed by atoms with Gasteiger partial charge in [-0.3, -0.25) is 9.48 Å². The maximum atomic E-state index is 12.4. The lowest BCUT2D eigenvalue weighted by Gasteiger charge is -2.14. The molecule has 2 rings (SSSR count). The van der Waals surface area contributed by atoms with Crippen molar-refractivity contribution in [3.63, 3.8) is 0 Å². The van der Waals surface area contributed by atoms with Crippen LogP contribution < -0.4 is 14.8 Å². The van der Waals surface area contributed by atoms with Crippen LogP contribution in [0.5, 0.6) is 11.5 Å². The summed E-state index contributed by atoms with van der Waals surface area (Å²) in [5.41, 5.74) is 1.95. The van der Waals surface area contributed by atoms with E-state index in [9.17, 15) is 9.90 Å². The van der Waals surface area contributed by atoms with Gasteiger partial charge in [0.15, 0.2) is 0 Å². The van der Waals surface area contributed by atoms with Crippen LogP contribution in [0.3, 0.4) is 0 Å². The largest absolute Gasteiger partial charge is 0.497 e. The number of aromatic nitrogens is 2. The van der Waals surface area contributed by atoms with E-state index in [1.54, 1.807) is 50.2 Å². The molecule has 0 saturated heterocycles. The third kappa shape index (κ3) is 4.98. The number of carbonyl (C=O) groups excluding carboxylic acids is 1. The highest BCUT2D eigenvalue weighted by Crippen LogP contribution is 2.26. The molecule has 1 amide bonds. The van der Waals surface area contributed by atoms with Crippen molar-refractivity contribution in [1.82, 2.24) is 15.1 Å². The fourth-order valence-electron chi connectivity index (χ4n) is 2.68. The molecule has 0 saturated carbocycles. The smallest absolute Gasteiger partial charge is 0.269 e. The average Bonchev–Trinajstić information content (AvgIpc) is 2.98. The Morgan fingerprint density at radius 2 is 1.81 bits per heavy atom. The minimum Gasteiger partial charge on any atom is -0.497 e. The number of rotatable bonds is 8. The van der Waals surface area contributed by atoms with Crippen LogP contribution in [-0.2, 0) is 13.5 Å². The standard InChI is InChI=1S/C19H27N3O4/c1-12(2)6-14-9-17(22(3)21-14)19(24)20-11-18(23)13-7-15(25-4)10-16(8-13)26-5/h7-10,12,18,23H,6,11H2,1-5H3,(H,20,24)/t18-/m1/s1. The van der Waals surface area contributed by atoms with Crippen LogP contribution in [-0.4, -0.2) is 41.6 Å². The monoisotopic (exact) mass is 361 g/mol. The highest BCUT2D eigenvalue weighted by Gasteiger charge is 2.17. The van der Waals surface area contributed by atoms with Gasteiger partial charge in [-0.25, -0.2) is 0 Å². The van der Waals surface area contributed by atoms with Gasteiger partial charge in [-0.05, 0) is 36.1 Å². The van der Waals surface area contributed by atoms with Crippen molar-refractivity contribution in [3.05, 3.63) is 41.2 Å². The summed E-state index contributed by atoms with van der Waals surface area (Å²) < 4.78 is 12.0. The van der Waals surface area contributed by atoms with E-state index in [1.165, 1.54) is 0 Å². The summed E-state index contributed by atoms with van der Waals surface area (Å²) in [6.45, 7) is 4.28. The lowest BCUT2D eigenvalue weighted by molar-refractivity contribution is 0.0907. The van der Waals surface area contributed by atoms with Gasteiger partial charge in [0.2, 0.25) is 0 Å². The minimum atomic E-state index is -0.883. The number of nitrogens with zero attached hydrogens (tertiary/aromatic N) is 2. The Hall–Kier alpha value is -2.54. The number of aryl methyl sites for hydroxylation is 1. The maximum absolute atomic E-state index is 12.4. The highest BCUT2D eigenvalue weighted by atomic mass is 16.5. The van der Waals surface area contributed by atoms with Gasteiger partial charge in [0, 0.05) is 19.7 Å². The molecule has 0 aliphatic rings. The number of methoxy groups -OCH3 is 2. The summed E-state index contributed by atoms with van der Waals surface area (Å²) >= 11 is 0. The molecule has 1 heterocycles. The zero-order valence-electron chi connectivity index (χ0n) is 15.9. The molecular formula is C19H27N3O4. The molecule has 0 radical (unpaired) electrons. The lowest BCUT2D eigenvalue weighted by atomic mass is 10.1. The van der Waals surface area contributed by atoms with Crippen molar-refractivity contribution >= 4 is 5.91 Å². The van der Waals surface area contributed by atoms with E-state index in [4.69, 9.17) is 9.47 Å². The average molecular weight is 361 g/mol. The second-order valence-electron chi connectivity index (χ2n) is 6.61. The van der Waals surface area contributed by atoms with Gasteiger partial charge in [-0.2, -0.15) is 5.10 Å². The molecule has 2 N–H and O–H groups in total. The maximum Gasteiger partial charge on any atom is 0.269 e. The van der Waals surface area contributed by atoms with Crippen LogP contribution in [0.2, 0.25) is 0 Å². The first-order valence-electron chi connectivity index (χ1n) is 8.56. The van der Waals surface area contributed by atoms with Gasteiger partial charge < -0.3 is 19.9 Å². The zero-order chi connectivity index (χ0) is 19.3. The third-order valence-corrected chi connectivity index (χ3v) is 3.99. The number of aliphatic hydroxyl groups excluding tert-OH is 1. The van der Waals surface area contributed by atoms with Gasteiger partial charge >= 0.3 is 0 Å². The molecular weight excluding hydrogens is 334 g/mol. The predicted octanol–water partition coefficient (Wildman–Crippen LogP) is 2.10. The Morgan fingerprint density at radius 3 is 2.35 bits per heavy atom. The molecule has 0 unspecified atom stereocenters. The molecule has 1 atom stereocenters. The number of benzene rings is 1. The number of ether oxygens (including phenoxy) is 2. The number of amides is 1. The first-order chi connectivity index (χ1) is 12.3. The van der Waals surface area contributed by atoms with E-state index < -0.39 is 6.10 Å². The molecule has 1 aromatic carbocycles. The fourth-order valence-corrected chi connectivity index (χ4v) is 2.68. The Morgan fingerprint density at radius 1 is 1.19 bits per heavy atom.